The van der Waals surface area contributed by atoms with E-state index in [0.717, 1.165) is 17.6 Å². The van der Waals surface area contributed by atoms with Crippen LogP contribution in [0.2, 0.25) is 0 Å². The highest BCUT2D eigenvalue weighted by molar-refractivity contribution is 6.18. The number of rotatable bonds is 14. The number of halogens is 1. The highest BCUT2D eigenvalue weighted by atomic mass is 35.5. The lowest BCUT2D eigenvalue weighted by Crippen LogP contribution is -2.46. The van der Waals surface area contributed by atoms with Gasteiger partial charge in [0.2, 0.25) is 0 Å². The maximum Gasteiger partial charge on any atom is 0.116 e. The smallest absolute Gasteiger partial charge is 0.116 e. The molecule has 2 nitrogen and oxygen atoms in total. The summed E-state index contributed by atoms with van der Waals surface area (Å²) in [6.45, 7) is 4.18. The zero-order chi connectivity index (χ0) is 15.3. The van der Waals surface area contributed by atoms with E-state index >= 15 is 0 Å². The molecule has 0 bridgehead atoms. The molecule has 3 heteroatoms. The molecule has 0 aliphatic rings. The molecule has 0 saturated carbocycles. The van der Waals surface area contributed by atoms with E-state index in [1.54, 1.807) is 0 Å². The van der Waals surface area contributed by atoms with Crippen LogP contribution in [0.15, 0.2) is 0 Å². The third-order valence-corrected chi connectivity index (χ3v) is 4.36. The Morgan fingerprint density at radius 1 is 0.850 bits per heavy atom. The van der Waals surface area contributed by atoms with Crippen molar-refractivity contribution in [2.24, 2.45) is 0 Å². The van der Waals surface area contributed by atoms with Crippen LogP contribution in [-0.2, 0) is 0 Å². The van der Waals surface area contributed by atoms with Crippen molar-refractivity contribution in [1.29, 1.82) is 0 Å². The van der Waals surface area contributed by atoms with Gasteiger partial charge in [0.05, 0.1) is 26.5 Å². The average Bonchev–Trinajstić information content (AvgIpc) is 2.40. The predicted molar refractivity (Wildman–Crippen MR) is 90.4 cm³/mol. The van der Waals surface area contributed by atoms with Crippen molar-refractivity contribution >= 4 is 11.6 Å². The number of quaternary nitrogens is 1. The summed E-state index contributed by atoms with van der Waals surface area (Å²) in [5, 5.41) is 9.61. The molecule has 0 fully saturated rings. The van der Waals surface area contributed by atoms with E-state index in [4.69, 9.17) is 11.6 Å². The van der Waals surface area contributed by atoms with Gasteiger partial charge in [-0.1, -0.05) is 58.3 Å². The van der Waals surface area contributed by atoms with Crippen LogP contribution in [0.1, 0.15) is 71.1 Å². The topological polar surface area (TPSA) is 20.2 Å². The van der Waals surface area contributed by atoms with Crippen LogP contribution in [0.4, 0.5) is 0 Å². The zero-order valence-electron chi connectivity index (χ0n) is 14.0. The molecule has 0 spiro atoms. The van der Waals surface area contributed by atoms with Crippen molar-refractivity contribution < 1.29 is 9.59 Å². The van der Waals surface area contributed by atoms with Crippen molar-refractivity contribution in [2.45, 2.75) is 77.2 Å². The van der Waals surface area contributed by atoms with E-state index < -0.39 is 0 Å². The highest BCUT2D eigenvalue weighted by Crippen LogP contribution is 2.12. The summed E-state index contributed by atoms with van der Waals surface area (Å²) in [5.74, 6) is 0.347. The Kier molecular flexibility index (Phi) is 13.0. The first-order valence-corrected chi connectivity index (χ1v) is 9.11. The van der Waals surface area contributed by atoms with E-state index in [9.17, 15) is 5.11 Å². The summed E-state index contributed by atoms with van der Waals surface area (Å²) >= 11 is 5.66. The molecular weight excluding hydrogens is 270 g/mol. The normalized spacial score (nSPS) is 13.7. The highest BCUT2D eigenvalue weighted by Gasteiger charge is 2.19. The second-order valence-corrected chi connectivity index (χ2v) is 7.14. The second kappa shape index (κ2) is 12.9. The lowest BCUT2D eigenvalue weighted by Gasteiger charge is -2.31. The SMILES string of the molecule is CCCCCCCCCCCC[N+](C)(C)C[C@H](O)CCl. The zero-order valence-corrected chi connectivity index (χ0v) is 14.8. The quantitative estimate of drug-likeness (QED) is 0.283. The first kappa shape index (κ1) is 20.2. The first-order valence-electron chi connectivity index (χ1n) is 8.58. The van der Waals surface area contributed by atoms with Crippen LogP contribution in [-0.4, -0.2) is 48.8 Å². The minimum Gasteiger partial charge on any atom is -0.386 e. The number of alkyl halides is 1. The van der Waals surface area contributed by atoms with Gasteiger partial charge in [-0.25, -0.2) is 0 Å². The standard InChI is InChI=1S/C17H37ClNO/c1-4-5-6-7-8-9-10-11-12-13-14-19(2,3)16-17(20)15-18/h17,20H,4-16H2,1-3H3/q+1/t17-/m1/s1. The monoisotopic (exact) mass is 306 g/mol. The van der Waals surface area contributed by atoms with Gasteiger partial charge < -0.3 is 9.59 Å². The Balaban J connectivity index is 3.34. The van der Waals surface area contributed by atoms with Crippen LogP contribution < -0.4 is 0 Å². The molecule has 0 radical (unpaired) electrons. The van der Waals surface area contributed by atoms with Crippen LogP contribution in [0, 0.1) is 0 Å². The first-order chi connectivity index (χ1) is 9.52. The maximum atomic E-state index is 9.61. The summed E-state index contributed by atoms with van der Waals surface area (Å²) < 4.78 is 0.880. The lowest BCUT2D eigenvalue weighted by atomic mass is 10.1. The number of aliphatic hydroxyl groups excluding tert-OH is 1. The number of nitrogens with zero attached hydrogens (tertiary/aromatic N) is 1. The van der Waals surface area contributed by atoms with Gasteiger partial charge in [-0.05, 0) is 12.8 Å². The summed E-state index contributed by atoms with van der Waals surface area (Å²) in [6.07, 6.45) is 13.4. The van der Waals surface area contributed by atoms with Gasteiger partial charge in [-0.2, -0.15) is 0 Å². The fraction of sp³-hybridized carbons (Fsp3) is 1.00. The molecule has 0 aromatic carbocycles. The summed E-state index contributed by atoms with van der Waals surface area (Å²) in [5.41, 5.74) is 0. The molecule has 0 amide bonds. The molecule has 0 rings (SSSR count). The minimum atomic E-state index is -0.366. The fourth-order valence-electron chi connectivity index (χ4n) is 2.74. The van der Waals surface area contributed by atoms with Crippen molar-refractivity contribution in [2.75, 3.05) is 33.1 Å². The van der Waals surface area contributed by atoms with E-state index in [-0.39, 0.29) is 6.10 Å². The van der Waals surface area contributed by atoms with Gasteiger partial charge in [0.15, 0.2) is 0 Å². The Morgan fingerprint density at radius 2 is 1.30 bits per heavy atom. The molecule has 0 aromatic rings. The molecule has 0 aliphatic carbocycles. The number of aliphatic hydroxyl groups is 1. The maximum absolute atomic E-state index is 9.61. The summed E-state index contributed by atoms with van der Waals surface area (Å²) in [4.78, 5) is 0. The third kappa shape index (κ3) is 13.2. The number of likely N-dealkylation sites (N-methyl/N-ethyl adjacent to an activating group) is 1. The molecule has 0 aromatic heterocycles. The van der Waals surface area contributed by atoms with Crippen molar-refractivity contribution in [1.82, 2.24) is 0 Å². The largest absolute Gasteiger partial charge is 0.386 e. The number of hydrogen-bond acceptors (Lipinski definition) is 1. The van der Waals surface area contributed by atoms with Gasteiger partial charge in [-0.3, -0.25) is 0 Å². The molecule has 20 heavy (non-hydrogen) atoms. The summed E-state index contributed by atoms with van der Waals surface area (Å²) in [7, 11) is 4.37. The van der Waals surface area contributed by atoms with Crippen molar-refractivity contribution in [3.63, 3.8) is 0 Å². The molecule has 0 unspecified atom stereocenters. The van der Waals surface area contributed by atoms with E-state index in [0.29, 0.717) is 5.88 Å². The van der Waals surface area contributed by atoms with Crippen LogP contribution >= 0.6 is 11.6 Å². The Hall–Kier alpha value is 0.210. The van der Waals surface area contributed by atoms with E-state index in [1.807, 2.05) is 0 Å². The molecule has 0 aliphatic heterocycles. The number of unbranched alkanes of at least 4 members (excludes halogenated alkanes) is 9. The molecule has 1 atom stereocenters. The van der Waals surface area contributed by atoms with Crippen LogP contribution in [0.25, 0.3) is 0 Å². The van der Waals surface area contributed by atoms with Crippen LogP contribution in [0.3, 0.4) is 0 Å². The minimum absolute atomic E-state index is 0.347. The Morgan fingerprint density at radius 3 is 1.75 bits per heavy atom. The van der Waals surface area contributed by atoms with Gasteiger partial charge in [-0.15, -0.1) is 11.6 Å². The molecular formula is C17H37ClNO+. The van der Waals surface area contributed by atoms with Crippen molar-refractivity contribution in [3.8, 4) is 0 Å². The molecule has 122 valence electrons. The van der Waals surface area contributed by atoms with E-state index in [2.05, 4.69) is 21.0 Å². The summed E-state index contributed by atoms with van der Waals surface area (Å²) in [6, 6.07) is 0. The molecule has 1 N–H and O–H groups in total. The van der Waals surface area contributed by atoms with Gasteiger partial charge in [0, 0.05) is 0 Å². The third-order valence-electron chi connectivity index (χ3n) is 4.00. The van der Waals surface area contributed by atoms with Crippen LogP contribution in [0.5, 0.6) is 0 Å². The second-order valence-electron chi connectivity index (χ2n) is 6.83. The number of hydrogen-bond donors (Lipinski definition) is 1. The lowest BCUT2D eigenvalue weighted by molar-refractivity contribution is -0.893. The average molecular weight is 307 g/mol. The van der Waals surface area contributed by atoms with E-state index in [1.165, 1.54) is 64.2 Å². The fourth-order valence-corrected chi connectivity index (χ4v) is 2.84. The van der Waals surface area contributed by atoms with Crippen molar-refractivity contribution in [3.05, 3.63) is 0 Å². The molecule has 0 heterocycles. The Bertz CT molecular complexity index is 209. The van der Waals surface area contributed by atoms with Gasteiger partial charge in [0.1, 0.15) is 12.6 Å². The van der Waals surface area contributed by atoms with Gasteiger partial charge >= 0.3 is 0 Å². The predicted octanol–water partition coefficient (Wildman–Crippen LogP) is 4.58. The molecule has 0 saturated heterocycles. The Labute approximate surface area is 132 Å². The van der Waals surface area contributed by atoms with Gasteiger partial charge in [0.25, 0.3) is 0 Å².